The fraction of sp³-hybridized carbons (Fsp3) is 0.500. The van der Waals surface area contributed by atoms with Gasteiger partial charge in [0.25, 0.3) is 0 Å². The van der Waals surface area contributed by atoms with Crippen molar-refractivity contribution in [2.75, 3.05) is 23.7 Å². The highest BCUT2D eigenvalue weighted by molar-refractivity contribution is 6.34. The van der Waals surface area contributed by atoms with Crippen LogP contribution >= 0.6 is 11.6 Å². The Morgan fingerprint density at radius 1 is 1.42 bits per heavy atom. The van der Waals surface area contributed by atoms with Crippen molar-refractivity contribution in [3.8, 4) is 0 Å². The average molecular weight is 283 g/mol. The average Bonchev–Trinajstić information content (AvgIpc) is 2.32. The second-order valence-corrected chi connectivity index (χ2v) is 5.80. The van der Waals surface area contributed by atoms with Gasteiger partial charge in [0.05, 0.1) is 16.3 Å². The van der Waals surface area contributed by atoms with E-state index in [-0.39, 0.29) is 5.56 Å². The van der Waals surface area contributed by atoms with Crippen molar-refractivity contribution in [3.63, 3.8) is 0 Å². The van der Waals surface area contributed by atoms with E-state index in [4.69, 9.17) is 17.3 Å². The van der Waals surface area contributed by atoms with Gasteiger partial charge in [0.15, 0.2) is 0 Å². The number of carbonyl (C=O) groups is 1. The number of nitrogens with two attached hydrogens (primary N) is 1. The van der Waals surface area contributed by atoms with Crippen molar-refractivity contribution in [1.29, 1.82) is 0 Å². The zero-order chi connectivity index (χ0) is 14.2. The number of carboxylic acid groups (broad SMARTS) is 1. The van der Waals surface area contributed by atoms with Gasteiger partial charge in [-0.25, -0.2) is 4.79 Å². The Hall–Kier alpha value is -1.42. The summed E-state index contributed by atoms with van der Waals surface area (Å²) < 4.78 is 0. The summed E-state index contributed by atoms with van der Waals surface area (Å²) in [6, 6.07) is 3.10. The molecule has 4 nitrogen and oxygen atoms in total. The first-order valence-electron chi connectivity index (χ1n) is 6.47. The molecule has 1 heterocycles. The van der Waals surface area contributed by atoms with E-state index in [0.717, 1.165) is 19.5 Å². The van der Waals surface area contributed by atoms with Crippen LogP contribution in [0.1, 0.15) is 30.6 Å². The van der Waals surface area contributed by atoms with Crippen molar-refractivity contribution in [1.82, 2.24) is 0 Å². The molecule has 1 aromatic carbocycles. The fourth-order valence-electron chi connectivity index (χ4n) is 2.57. The Balaban J connectivity index is 2.41. The summed E-state index contributed by atoms with van der Waals surface area (Å²) in [7, 11) is 0. The topological polar surface area (TPSA) is 66.6 Å². The van der Waals surface area contributed by atoms with E-state index in [0.29, 0.717) is 28.2 Å². The van der Waals surface area contributed by atoms with Crippen molar-refractivity contribution in [2.45, 2.75) is 20.3 Å². The van der Waals surface area contributed by atoms with E-state index in [1.54, 1.807) is 6.07 Å². The zero-order valence-corrected chi connectivity index (χ0v) is 11.9. The SMILES string of the molecule is CC1CCN(c2c(Cl)cc(N)cc2C(=O)O)CC1C. The van der Waals surface area contributed by atoms with Crippen LogP contribution in [0.5, 0.6) is 0 Å². The standard InChI is InChI=1S/C14H19ClN2O2/c1-8-3-4-17(7-9(8)2)13-11(14(18)19)5-10(16)6-12(13)15/h5-6,8-9H,3-4,7,16H2,1-2H3,(H,18,19). The summed E-state index contributed by atoms with van der Waals surface area (Å²) >= 11 is 6.21. The Bertz CT molecular complexity index is 504. The molecule has 3 N–H and O–H groups in total. The fourth-order valence-corrected chi connectivity index (χ4v) is 2.92. The highest BCUT2D eigenvalue weighted by Crippen LogP contribution is 2.36. The number of nitrogen functional groups attached to an aromatic ring is 1. The van der Waals surface area contributed by atoms with Crippen molar-refractivity contribution in [2.24, 2.45) is 11.8 Å². The molecule has 0 spiro atoms. The first-order valence-corrected chi connectivity index (χ1v) is 6.85. The van der Waals surface area contributed by atoms with Crippen LogP contribution in [0.3, 0.4) is 0 Å². The van der Waals surface area contributed by atoms with Crippen molar-refractivity contribution < 1.29 is 9.90 Å². The molecule has 2 atom stereocenters. The van der Waals surface area contributed by atoms with Gasteiger partial charge < -0.3 is 15.7 Å². The predicted octanol–water partition coefficient (Wildman–Crippen LogP) is 3.10. The smallest absolute Gasteiger partial charge is 0.337 e. The molecule has 2 rings (SSSR count). The molecule has 0 radical (unpaired) electrons. The molecule has 0 aromatic heterocycles. The van der Waals surface area contributed by atoms with Gasteiger partial charge in [-0.2, -0.15) is 0 Å². The summed E-state index contributed by atoms with van der Waals surface area (Å²) in [5.74, 6) is 0.177. The number of hydrogen-bond acceptors (Lipinski definition) is 3. The number of hydrogen-bond donors (Lipinski definition) is 2. The summed E-state index contributed by atoms with van der Waals surface area (Å²) in [6.45, 7) is 6.06. The quantitative estimate of drug-likeness (QED) is 0.818. The van der Waals surface area contributed by atoms with E-state index < -0.39 is 5.97 Å². The van der Waals surface area contributed by atoms with Crippen LogP contribution < -0.4 is 10.6 Å². The molecule has 0 bridgehead atoms. The molecular weight excluding hydrogens is 264 g/mol. The highest BCUT2D eigenvalue weighted by atomic mass is 35.5. The lowest BCUT2D eigenvalue weighted by Gasteiger charge is -2.37. The Morgan fingerprint density at radius 2 is 2.11 bits per heavy atom. The molecule has 19 heavy (non-hydrogen) atoms. The zero-order valence-electron chi connectivity index (χ0n) is 11.2. The number of piperidine rings is 1. The third-order valence-corrected chi connectivity index (χ3v) is 4.25. The molecule has 2 unspecified atom stereocenters. The molecule has 1 aliphatic heterocycles. The van der Waals surface area contributed by atoms with Gasteiger partial charge >= 0.3 is 5.97 Å². The second kappa shape index (κ2) is 5.29. The Labute approximate surface area is 118 Å². The number of halogens is 1. The van der Waals surface area contributed by atoms with Crippen LogP contribution in [-0.2, 0) is 0 Å². The normalized spacial score (nSPS) is 23.4. The van der Waals surface area contributed by atoms with E-state index in [2.05, 4.69) is 18.7 Å². The minimum Gasteiger partial charge on any atom is -0.478 e. The lowest BCUT2D eigenvalue weighted by atomic mass is 9.88. The molecular formula is C14H19ClN2O2. The van der Waals surface area contributed by atoms with E-state index in [1.165, 1.54) is 6.07 Å². The lowest BCUT2D eigenvalue weighted by Crippen LogP contribution is -2.39. The van der Waals surface area contributed by atoms with Crippen LogP contribution in [0.25, 0.3) is 0 Å². The highest BCUT2D eigenvalue weighted by Gasteiger charge is 2.27. The summed E-state index contributed by atoms with van der Waals surface area (Å²) in [5.41, 5.74) is 6.84. The predicted molar refractivity (Wildman–Crippen MR) is 78.0 cm³/mol. The van der Waals surface area contributed by atoms with Crippen LogP contribution in [0, 0.1) is 11.8 Å². The van der Waals surface area contributed by atoms with E-state index in [9.17, 15) is 9.90 Å². The second-order valence-electron chi connectivity index (χ2n) is 5.39. The molecule has 0 saturated carbocycles. The number of rotatable bonds is 2. The van der Waals surface area contributed by atoms with E-state index in [1.807, 2.05) is 0 Å². The van der Waals surface area contributed by atoms with Gasteiger partial charge in [0, 0.05) is 18.8 Å². The number of nitrogens with zero attached hydrogens (tertiary/aromatic N) is 1. The van der Waals surface area contributed by atoms with Gasteiger partial charge in [-0.15, -0.1) is 0 Å². The van der Waals surface area contributed by atoms with Crippen molar-refractivity contribution >= 4 is 28.9 Å². The maximum absolute atomic E-state index is 11.4. The first-order chi connectivity index (χ1) is 8.90. The van der Waals surface area contributed by atoms with Gasteiger partial charge in [0.2, 0.25) is 0 Å². The minimum absolute atomic E-state index is 0.187. The van der Waals surface area contributed by atoms with Crippen LogP contribution in [0.2, 0.25) is 5.02 Å². The first kappa shape index (κ1) is 14.0. The largest absolute Gasteiger partial charge is 0.478 e. The van der Waals surface area contributed by atoms with E-state index >= 15 is 0 Å². The molecule has 1 aliphatic rings. The molecule has 1 aromatic rings. The molecule has 0 aliphatic carbocycles. The maximum Gasteiger partial charge on any atom is 0.337 e. The van der Waals surface area contributed by atoms with Gasteiger partial charge in [-0.05, 0) is 30.4 Å². The monoisotopic (exact) mass is 282 g/mol. The minimum atomic E-state index is -0.990. The number of benzene rings is 1. The third kappa shape index (κ3) is 2.78. The van der Waals surface area contributed by atoms with Crippen LogP contribution in [0.4, 0.5) is 11.4 Å². The number of aromatic carboxylic acids is 1. The molecule has 1 saturated heterocycles. The Morgan fingerprint density at radius 3 is 2.68 bits per heavy atom. The van der Waals surface area contributed by atoms with Crippen LogP contribution in [0.15, 0.2) is 12.1 Å². The van der Waals surface area contributed by atoms with Gasteiger partial charge in [-0.1, -0.05) is 25.4 Å². The molecule has 5 heteroatoms. The summed E-state index contributed by atoms with van der Waals surface area (Å²) in [4.78, 5) is 13.4. The summed E-state index contributed by atoms with van der Waals surface area (Å²) in [5, 5.41) is 9.74. The van der Waals surface area contributed by atoms with Crippen LogP contribution in [-0.4, -0.2) is 24.2 Å². The lowest BCUT2D eigenvalue weighted by molar-refractivity contribution is 0.0697. The number of carboxylic acids is 1. The summed E-state index contributed by atoms with van der Waals surface area (Å²) in [6.07, 6.45) is 1.04. The molecule has 0 amide bonds. The number of anilines is 2. The van der Waals surface area contributed by atoms with Gasteiger partial charge in [0.1, 0.15) is 0 Å². The molecule has 1 fully saturated rings. The maximum atomic E-state index is 11.4. The van der Waals surface area contributed by atoms with Gasteiger partial charge in [-0.3, -0.25) is 0 Å². The van der Waals surface area contributed by atoms with Crippen molar-refractivity contribution in [3.05, 3.63) is 22.7 Å². The molecule has 104 valence electrons. The third-order valence-electron chi connectivity index (χ3n) is 3.97. The Kier molecular flexibility index (Phi) is 3.90.